The first-order chi connectivity index (χ1) is 5.95. The molecule has 62 valence electrons. The molecule has 2 aromatic rings. The van der Waals surface area contributed by atoms with E-state index in [1.807, 2.05) is 17.5 Å². The van der Waals surface area contributed by atoms with Gasteiger partial charge in [0.15, 0.2) is 12.7 Å². The third-order valence-electron chi connectivity index (χ3n) is 1.35. The van der Waals surface area contributed by atoms with E-state index in [0.717, 1.165) is 0 Å². The van der Waals surface area contributed by atoms with E-state index < -0.39 is 0 Å². The van der Waals surface area contributed by atoms with E-state index in [1.54, 1.807) is 11.3 Å². The van der Waals surface area contributed by atoms with Crippen molar-refractivity contribution < 1.29 is 9.15 Å². The summed E-state index contributed by atoms with van der Waals surface area (Å²) < 4.78 is 10.0. The largest absolute Gasteiger partial charge is 0.470 e. The number of oxazole rings is 1. The van der Waals surface area contributed by atoms with E-state index in [2.05, 4.69) is 4.98 Å². The molecule has 0 aromatic carbocycles. The van der Waals surface area contributed by atoms with Crippen LogP contribution in [0.4, 0.5) is 0 Å². The molecule has 0 saturated carbocycles. The van der Waals surface area contributed by atoms with Gasteiger partial charge in [0.1, 0.15) is 6.61 Å². The highest BCUT2D eigenvalue weighted by Crippen LogP contribution is 2.12. The summed E-state index contributed by atoms with van der Waals surface area (Å²) in [6, 6.07) is 4.01. The summed E-state index contributed by atoms with van der Waals surface area (Å²) in [6.07, 6.45) is 2.83. The van der Waals surface area contributed by atoms with Gasteiger partial charge in [-0.1, -0.05) is 6.07 Å². The molecule has 2 heterocycles. The zero-order valence-corrected chi connectivity index (χ0v) is 7.08. The number of rotatable bonds is 3. The molecule has 0 fully saturated rings. The normalized spacial score (nSPS) is 10.0. The third-order valence-corrected chi connectivity index (χ3v) is 2.20. The Bertz CT molecular complexity index is 280. The van der Waals surface area contributed by atoms with Gasteiger partial charge in [-0.2, -0.15) is 4.98 Å². The molecule has 0 amide bonds. The number of hydrogen-bond donors (Lipinski definition) is 0. The van der Waals surface area contributed by atoms with Gasteiger partial charge in [-0.05, 0) is 11.4 Å². The van der Waals surface area contributed by atoms with Gasteiger partial charge >= 0.3 is 0 Å². The third kappa shape index (κ3) is 1.65. The average molecular weight is 181 g/mol. The van der Waals surface area contributed by atoms with E-state index >= 15 is 0 Å². The molecule has 0 aliphatic carbocycles. The Hall–Kier alpha value is -1.29. The summed E-state index contributed by atoms with van der Waals surface area (Å²) in [5.74, 6) is 0.531. The molecule has 0 bridgehead atoms. The lowest BCUT2D eigenvalue weighted by Gasteiger charge is -1.97. The van der Waals surface area contributed by atoms with Crippen molar-refractivity contribution in [1.29, 1.82) is 0 Å². The molecule has 0 unspecified atom stereocenters. The first kappa shape index (κ1) is 7.36. The highest BCUT2D eigenvalue weighted by atomic mass is 32.1. The Morgan fingerprint density at radius 3 is 3.25 bits per heavy atom. The molecule has 4 heteroatoms. The van der Waals surface area contributed by atoms with Crippen molar-refractivity contribution in [2.24, 2.45) is 0 Å². The van der Waals surface area contributed by atoms with E-state index in [0.29, 0.717) is 12.5 Å². The molecule has 2 aromatic heterocycles. The van der Waals surface area contributed by atoms with Crippen molar-refractivity contribution in [3.63, 3.8) is 0 Å². The Morgan fingerprint density at radius 2 is 2.58 bits per heavy atom. The average Bonchev–Trinajstić information content (AvgIpc) is 2.74. The summed E-state index contributed by atoms with van der Waals surface area (Å²) in [7, 11) is 0. The van der Waals surface area contributed by atoms with Crippen LogP contribution in [0, 0.1) is 0 Å². The van der Waals surface area contributed by atoms with E-state index in [1.165, 1.54) is 17.5 Å². The molecule has 0 atom stereocenters. The monoisotopic (exact) mass is 181 g/mol. The number of aromatic nitrogens is 1. The predicted molar refractivity (Wildman–Crippen MR) is 45.2 cm³/mol. The van der Waals surface area contributed by atoms with Gasteiger partial charge in [0.25, 0.3) is 5.88 Å². The van der Waals surface area contributed by atoms with Crippen molar-refractivity contribution in [2.75, 3.05) is 0 Å². The van der Waals surface area contributed by atoms with Gasteiger partial charge in [-0.25, -0.2) is 0 Å². The lowest BCUT2D eigenvalue weighted by Crippen LogP contribution is -1.91. The van der Waals surface area contributed by atoms with Crippen molar-refractivity contribution in [2.45, 2.75) is 6.61 Å². The molecule has 0 aliphatic rings. The highest BCUT2D eigenvalue weighted by molar-refractivity contribution is 7.09. The molecule has 0 aliphatic heterocycles. The van der Waals surface area contributed by atoms with Crippen molar-refractivity contribution in [1.82, 2.24) is 4.98 Å². The fraction of sp³-hybridized carbons (Fsp3) is 0.125. The van der Waals surface area contributed by atoms with Crippen LogP contribution in [0.1, 0.15) is 4.88 Å². The number of hydrogen-bond acceptors (Lipinski definition) is 4. The smallest absolute Gasteiger partial charge is 0.253 e. The van der Waals surface area contributed by atoms with Crippen LogP contribution in [0.5, 0.6) is 5.88 Å². The maximum atomic E-state index is 5.30. The molecule has 2 rings (SSSR count). The minimum Gasteiger partial charge on any atom is -0.470 e. The molecule has 0 N–H and O–H groups in total. The second-order valence-corrected chi connectivity index (χ2v) is 3.23. The molecule has 0 radical (unpaired) electrons. The lowest BCUT2D eigenvalue weighted by atomic mass is 10.5. The Balaban J connectivity index is 1.91. The van der Waals surface area contributed by atoms with E-state index in [4.69, 9.17) is 9.15 Å². The second kappa shape index (κ2) is 3.40. The summed E-state index contributed by atoms with van der Waals surface area (Å²) in [4.78, 5) is 5.01. The summed E-state index contributed by atoms with van der Waals surface area (Å²) >= 11 is 1.66. The highest BCUT2D eigenvalue weighted by Gasteiger charge is 1.97. The van der Waals surface area contributed by atoms with Crippen LogP contribution < -0.4 is 4.74 Å². The fourth-order valence-corrected chi connectivity index (χ4v) is 1.43. The first-order valence-corrected chi connectivity index (χ1v) is 4.36. The fourth-order valence-electron chi connectivity index (χ4n) is 0.813. The predicted octanol–water partition coefficient (Wildman–Crippen LogP) is 2.32. The summed E-state index contributed by atoms with van der Waals surface area (Å²) in [6.45, 7) is 0.560. The van der Waals surface area contributed by atoms with Gasteiger partial charge in [-0.3, -0.25) is 0 Å². The van der Waals surface area contributed by atoms with Crippen LogP contribution in [0.3, 0.4) is 0 Å². The van der Waals surface area contributed by atoms with Crippen molar-refractivity contribution in [3.05, 3.63) is 35.0 Å². The van der Waals surface area contributed by atoms with Crippen LogP contribution in [0.15, 0.2) is 34.6 Å². The molecule has 0 saturated heterocycles. The van der Waals surface area contributed by atoms with Crippen LogP contribution in [0.2, 0.25) is 0 Å². The van der Waals surface area contributed by atoms with Gasteiger partial charge in [0, 0.05) is 4.88 Å². The van der Waals surface area contributed by atoms with Gasteiger partial charge < -0.3 is 9.15 Å². The zero-order valence-electron chi connectivity index (χ0n) is 6.27. The van der Waals surface area contributed by atoms with Gasteiger partial charge in [-0.15, -0.1) is 11.3 Å². The SMILES string of the molecule is c1csc(COc2cocn2)c1. The summed E-state index contributed by atoms with van der Waals surface area (Å²) in [5, 5.41) is 2.02. The van der Waals surface area contributed by atoms with Gasteiger partial charge in [0.05, 0.1) is 0 Å². The summed E-state index contributed by atoms with van der Waals surface area (Å²) in [5.41, 5.74) is 0. The van der Waals surface area contributed by atoms with Gasteiger partial charge in [0.2, 0.25) is 0 Å². The molecule has 3 nitrogen and oxygen atoms in total. The standard InChI is InChI=1S/C8H7NO2S/c1-2-7(12-3-1)4-11-8-5-10-6-9-8/h1-3,5-6H,4H2. The number of nitrogens with zero attached hydrogens (tertiary/aromatic N) is 1. The number of ether oxygens (including phenoxy) is 1. The number of thiophene rings is 1. The van der Waals surface area contributed by atoms with Crippen molar-refractivity contribution in [3.8, 4) is 5.88 Å². The van der Waals surface area contributed by atoms with Crippen LogP contribution in [0.25, 0.3) is 0 Å². The van der Waals surface area contributed by atoms with Crippen LogP contribution >= 0.6 is 11.3 Å². The molecule has 0 spiro atoms. The minimum absolute atomic E-state index is 0.531. The quantitative estimate of drug-likeness (QED) is 0.728. The molecule has 12 heavy (non-hydrogen) atoms. The van der Waals surface area contributed by atoms with Crippen LogP contribution in [-0.4, -0.2) is 4.98 Å². The lowest BCUT2D eigenvalue weighted by molar-refractivity contribution is 0.296. The maximum Gasteiger partial charge on any atom is 0.253 e. The zero-order chi connectivity index (χ0) is 8.23. The second-order valence-electron chi connectivity index (χ2n) is 2.19. The first-order valence-electron chi connectivity index (χ1n) is 3.48. The van der Waals surface area contributed by atoms with Crippen LogP contribution in [-0.2, 0) is 6.61 Å². The maximum absolute atomic E-state index is 5.30. The van der Waals surface area contributed by atoms with E-state index in [-0.39, 0.29) is 0 Å². The van der Waals surface area contributed by atoms with E-state index in [9.17, 15) is 0 Å². The Morgan fingerprint density at radius 1 is 1.58 bits per heavy atom. The minimum atomic E-state index is 0.531. The Labute approximate surface area is 73.6 Å². The topological polar surface area (TPSA) is 35.3 Å². The van der Waals surface area contributed by atoms with Crippen molar-refractivity contribution >= 4 is 11.3 Å². The molecular formula is C8H7NO2S. The Kier molecular flexibility index (Phi) is 2.09. The molecular weight excluding hydrogens is 174 g/mol.